The Labute approximate surface area is 118 Å². The van der Waals surface area contributed by atoms with E-state index in [2.05, 4.69) is 27.3 Å². The van der Waals surface area contributed by atoms with E-state index in [0.717, 1.165) is 23.8 Å². The van der Waals surface area contributed by atoms with E-state index in [0.29, 0.717) is 17.5 Å². The molecule has 2 aromatic heterocycles. The third-order valence-electron chi connectivity index (χ3n) is 3.30. The summed E-state index contributed by atoms with van der Waals surface area (Å²) in [7, 11) is 1.86. The van der Waals surface area contributed by atoms with Crippen molar-refractivity contribution in [2.24, 2.45) is 7.05 Å². The number of hydrogen-bond donors (Lipinski definition) is 1. The van der Waals surface area contributed by atoms with Gasteiger partial charge < -0.3 is 10.1 Å². The molecule has 2 heterocycles. The molecule has 1 aliphatic carbocycles. The van der Waals surface area contributed by atoms with Crippen LogP contribution in [-0.4, -0.2) is 26.3 Å². The quantitative estimate of drug-likeness (QED) is 0.907. The van der Waals surface area contributed by atoms with Crippen LogP contribution in [0.15, 0.2) is 12.4 Å². The van der Waals surface area contributed by atoms with Gasteiger partial charge in [-0.05, 0) is 26.7 Å². The van der Waals surface area contributed by atoms with E-state index in [9.17, 15) is 0 Å². The first-order chi connectivity index (χ1) is 9.67. The monoisotopic (exact) mass is 273 g/mol. The van der Waals surface area contributed by atoms with Crippen molar-refractivity contribution in [3.63, 3.8) is 0 Å². The predicted octanol–water partition coefficient (Wildman–Crippen LogP) is 2.62. The molecule has 0 atom stereocenters. The van der Waals surface area contributed by atoms with Gasteiger partial charge >= 0.3 is 0 Å². The molecule has 0 bridgehead atoms. The summed E-state index contributed by atoms with van der Waals surface area (Å²) in [6.07, 6.45) is 5.85. The number of rotatable bonds is 5. The standard InChI is InChI=1S/C14H19N5O/c1-4-15-12-9(2)14(18-13(17-12)10-5-6-10)20-11-7-16-19(3)8-11/h7-8,10H,4-6H2,1-3H3,(H,15,17,18). The molecule has 6 nitrogen and oxygen atoms in total. The van der Waals surface area contributed by atoms with E-state index in [1.54, 1.807) is 10.9 Å². The van der Waals surface area contributed by atoms with Gasteiger partial charge in [-0.1, -0.05) is 0 Å². The minimum Gasteiger partial charge on any atom is -0.435 e. The fraction of sp³-hybridized carbons (Fsp3) is 0.500. The van der Waals surface area contributed by atoms with Gasteiger partial charge in [0, 0.05) is 19.5 Å². The van der Waals surface area contributed by atoms with E-state index in [-0.39, 0.29) is 0 Å². The van der Waals surface area contributed by atoms with Gasteiger partial charge in [-0.2, -0.15) is 10.1 Å². The lowest BCUT2D eigenvalue weighted by atomic mass is 10.3. The molecule has 0 amide bonds. The molecule has 3 rings (SSSR count). The second-order valence-corrected chi connectivity index (χ2v) is 5.12. The molecule has 6 heteroatoms. The Morgan fingerprint density at radius 2 is 2.20 bits per heavy atom. The Balaban J connectivity index is 1.94. The van der Waals surface area contributed by atoms with Crippen molar-refractivity contribution >= 4 is 5.82 Å². The Hall–Kier alpha value is -2.11. The highest BCUT2D eigenvalue weighted by molar-refractivity contribution is 5.49. The zero-order valence-electron chi connectivity index (χ0n) is 12.1. The molecule has 0 unspecified atom stereocenters. The lowest BCUT2D eigenvalue weighted by molar-refractivity contribution is 0.454. The molecule has 0 saturated heterocycles. The van der Waals surface area contributed by atoms with E-state index in [1.807, 2.05) is 20.2 Å². The number of hydrogen-bond acceptors (Lipinski definition) is 5. The fourth-order valence-electron chi connectivity index (χ4n) is 2.04. The second kappa shape index (κ2) is 5.11. The number of ether oxygens (including phenoxy) is 1. The van der Waals surface area contributed by atoms with E-state index in [1.165, 1.54) is 12.8 Å². The lowest BCUT2D eigenvalue weighted by Crippen LogP contribution is -2.07. The normalized spacial score (nSPS) is 14.3. The molecule has 1 N–H and O–H groups in total. The Morgan fingerprint density at radius 1 is 1.40 bits per heavy atom. The van der Waals surface area contributed by atoms with Crippen LogP contribution in [0.2, 0.25) is 0 Å². The molecule has 0 radical (unpaired) electrons. The lowest BCUT2D eigenvalue weighted by Gasteiger charge is -2.12. The van der Waals surface area contributed by atoms with Gasteiger partial charge in [0.2, 0.25) is 5.88 Å². The van der Waals surface area contributed by atoms with Gasteiger partial charge in [0.25, 0.3) is 0 Å². The zero-order chi connectivity index (χ0) is 14.1. The third-order valence-corrected chi connectivity index (χ3v) is 3.30. The minimum atomic E-state index is 0.490. The summed E-state index contributed by atoms with van der Waals surface area (Å²) in [6.45, 7) is 4.86. The second-order valence-electron chi connectivity index (χ2n) is 5.12. The molecule has 0 aliphatic heterocycles. The molecule has 2 aromatic rings. The highest BCUT2D eigenvalue weighted by Crippen LogP contribution is 2.40. The van der Waals surface area contributed by atoms with Crippen LogP contribution in [0.3, 0.4) is 0 Å². The topological polar surface area (TPSA) is 64.9 Å². The van der Waals surface area contributed by atoms with Crippen molar-refractivity contribution < 1.29 is 4.74 Å². The van der Waals surface area contributed by atoms with Gasteiger partial charge in [0.05, 0.1) is 18.0 Å². The summed E-state index contributed by atoms with van der Waals surface area (Å²) < 4.78 is 7.57. The smallest absolute Gasteiger partial charge is 0.227 e. The van der Waals surface area contributed by atoms with Crippen molar-refractivity contribution in [3.8, 4) is 11.6 Å². The average Bonchev–Trinajstić information content (AvgIpc) is 3.19. The Bertz CT molecular complexity index is 618. The number of aromatic nitrogens is 4. The molecular weight excluding hydrogens is 254 g/mol. The molecule has 20 heavy (non-hydrogen) atoms. The summed E-state index contributed by atoms with van der Waals surface area (Å²) in [5, 5.41) is 7.38. The van der Waals surface area contributed by atoms with E-state index in [4.69, 9.17) is 4.74 Å². The summed E-state index contributed by atoms with van der Waals surface area (Å²) in [5.41, 5.74) is 0.931. The molecule has 0 aromatic carbocycles. The van der Waals surface area contributed by atoms with Crippen molar-refractivity contribution in [2.45, 2.75) is 32.6 Å². The summed E-state index contributed by atoms with van der Waals surface area (Å²) in [4.78, 5) is 9.18. The SMILES string of the molecule is CCNc1nc(C2CC2)nc(Oc2cnn(C)c2)c1C. The van der Waals surface area contributed by atoms with Crippen LogP contribution in [0, 0.1) is 6.92 Å². The molecular formula is C14H19N5O. The van der Waals surface area contributed by atoms with Gasteiger partial charge in [-0.25, -0.2) is 4.98 Å². The van der Waals surface area contributed by atoms with E-state index >= 15 is 0 Å². The number of aryl methyl sites for hydroxylation is 1. The summed E-state index contributed by atoms with van der Waals surface area (Å²) >= 11 is 0. The van der Waals surface area contributed by atoms with Crippen molar-refractivity contribution in [3.05, 3.63) is 23.8 Å². The third kappa shape index (κ3) is 2.59. The predicted molar refractivity (Wildman–Crippen MR) is 76.2 cm³/mol. The van der Waals surface area contributed by atoms with Crippen molar-refractivity contribution in [2.75, 3.05) is 11.9 Å². The van der Waals surface area contributed by atoms with Crippen LogP contribution in [0.1, 0.15) is 37.1 Å². The van der Waals surface area contributed by atoms with Crippen LogP contribution >= 0.6 is 0 Å². The maximum Gasteiger partial charge on any atom is 0.227 e. The maximum absolute atomic E-state index is 5.86. The highest BCUT2D eigenvalue weighted by atomic mass is 16.5. The molecule has 1 saturated carbocycles. The van der Waals surface area contributed by atoms with Crippen LogP contribution in [-0.2, 0) is 7.05 Å². The van der Waals surface area contributed by atoms with Crippen molar-refractivity contribution in [1.82, 2.24) is 19.7 Å². The van der Waals surface area contributed by atoms with Crippen LogP contribution < -0.4 is 10.1 Å². The van der Waals surface area contributed by atoms with Gasteiger partial charge in [-0.15, -0.1) is 0 Å². The average molecular weight is 273 g/mol. The highest BCUT2D eigenvalue weighted by Gasteiger charge is 2.28. The zero-order valence-corrected chi connectivity index (χ0v) is 12.1. The minimum absolute atomic E-state index is 0.490. The first-order valence-electron chi connectivity index (χ1n) is 6.96. The van der Waals surface area contributed by atoms with Crippen LogP contribution in [0.4, 0.5) is 5.82 Å². The Morgan fingerprint density at radius 3 is 2.80 bits per heavy atom. The van der Waals surface area contributed by atoms with Gasteiger partial charge in [0.1, 0.15) is 11.6 Å². The van der Waals surface area contributed by atoms with Crippen molar-refractivity contribution in [1.29, 1.82) is 0 Å². The van der Waals surface area contributed by atoms with Gasteiger partial charge in [-0.3, -0.25) is 4.68 Å². The van der Waals surface area contributed by atoms with Gasteiger partial charge in [0.15, 0.2) is 5.75 Å². The summed E-state index contributed by atoms with van der Waals surface area (Å²) in [6, 6.07) is 0. The van der Waals surface area contributed by atoms with E-state index < -0.39 is 0 Å². The van der Waals surface area contributed by atoms with Crippen LogP contribution in [0.25, 0.3) is 0 Å². The Kier molecular flexibility index (Phi) is 3.30. The summed E-state index contributed by atoms with van der Waals surface area (Å²) in [5.74, 6) is 3.54. The number of anilines is 1. The number of nitrogens with zero attached hydrogens (tertiary/aromatic N) is 4. The number of nitrogens with one attached hydrogen (secondary N) is 1. The molecule has 1 fully saturated rings. The fourth-order valence-corrected chi connectivity index (χ4v) is 2.04. The van der Waals surface area contributed by atoms with Crippen LogP contribution in [0.5, 0.6) is 11.6 Å². The molecule has 1 aliphatic rings. The molecule has 0 spiro atoms. The first kappa shape index (κ1) is 12.9. The first-order valence-corrected chi connectivity index (χ1v) is 6.96. The maximum atomic E-state index is 5.86. The largest absolute Gasteiger partial charge is 0.435 e. The molecule has 106 valence electrons.